The fraction of sp³-hybridized carbons (Fsp3) is 0.471. The molecule has 1 aliphatic rings. The summed E-state index contributed by atoms with van der Waals surface area (Å²) >= 11 is 0. The average Bonchev–Trinajstić information content (AvgIpc) is 2.65. The minimum absolute atomic E-state index is 0.0235. The molecule has 0 N–H and O–H groups in total. The maximum Gasteiger partial charge on any atom is 0.248 e. The predicted octanol–water partition coefficient (Wildman–Crippen LogP) is 0.941. The Morgan fingerprint density at radius 3 is 2.62 bits per heavy atom. The Morgan fingerprint density at radius 2 is 1.88 bits per heavy atom. The number of rotatable bonds is 6. The van der Waals surface area contributed by atoms with E-state index in [-0.39, 0.29) is 12.5 Å². The van der Waals surface area contributed by atoms with Gasteiger partial charge in [-0.05, 0) is 12.1 Å². The Labute approximate surface area is 141 Å². The Bertz CT molecular complexity index is 686. The topological polar surface area (TPSA) is 67.8 Å². The zero-order valence-corrected chi connectivity index (χ0v) is 13.9. The fourth-order valence-electron chi connectivity index (χ4n) is 2.68. The van der Waals surface area contributed by atoms with Crippen molar-refractivity contribution < 1.29 is 14.3 Å². The van der Waals surface area contributed by atoms with Gasteiger partial charge in [0, 0.05) is 33.3 Å². The molecule has 1 aromatic heterocycles. The number of carbonyl (C=O) groups is 1. The molecule has 2 heterocycles. The van der Waals surface area contributed by atoms with E-state index in [2.05, 4.69) is 14.9 Å². The maximum absolute atomic E-state index is 12.1. The number of nitrogens with zero attached hydrogens (tertiary/aromatic N) is 4. The molecule has 128 valence electrons. The normalized spacial score (nSPS) is 15.0. The van der Waals surface area contributed by atoms with E-state index in [1.54, 1.807) is 13.3 Å². The van der Waals surface area contributed by atoms with Crippen molar-refractivity contribution in [1.82, 2.24) is 14.9 Å². The highest BCUT2D eigenvalue weighted by molar-refractivity contribution is 5.78. The SMILES string of the molecule is COCCOCC(=O)N1CCN(c2cnc3ccccc3n2)CC1. The van der Waals surface area contributed by atoms with Gasteiger partial charge in [-0.3, -0.25) is 9.78 Å². The van der Waals surface area contributed by atoms with E-state index in [0.29, 0.717) is 26.3 Å². The number of anilines is 1. The molecular weight excluding hydrogens is 308 g/mol. The summed E-state index contributed by atoms with van der Waals surface area (Å²) in [6, 6.07) is 7.83. The lowest BCUT2D eigenvalue weighted by Gasteiger charge is -2.35. The second-order valence-corrected chi connectivity index (χ2v) is 5.63. The summed E-state index contributed by atoms with van der Waals surface area (Å²) in [4.78, 5) is 25.2. The van der Waals surface area contributed by atoms with Gasteiger partial charge >= 0.3 is 0 Å². The van der Waals surface area contributed by atoms with Crippen LogP contribution in [-0.4, -0.2) is 73.9 Å². The van der Waals surface area contributed by atoms with Crippen LogP contribution in [0.1, 0.15) is 0 Å². The Kier molecular flexibility index (Phi) is 5.55. The Morgan fingerprint density at radius 1 is 1.12 bits per heavy atom. The third-order valence-electron chi connectivity index (χ3n) is 4.05. The van der Waals surface area contributed by atoms with Crippen molar-refractivity contribution in [3.8, 4) is 0 Å². The molecule has 7 heteroatoms. The number of benzene rings is 1. The lowest BCUT2D eigenvalue weighted by molar-refractivity contribution is -0.136. The van der Waals surface area contributed by atoms with E-state index in [9.17, 15) is 4.79 Å². The van der Waals surface area contributed by atoms with E-state index in [1.165, 1.54) is 0 Å². The van der Waals surface area contributed by atoms with Gasteiger partial charge in [0.05, 0.1) is 30.4 Å². The molecule has 1 amide bonds. The van der Waals surface area contributed by atoms with Crippen LogP contribution >= 0.6 is 0 Å². The second kappa shape index (κ2) is 8.03. The van der Waals surface area contributed by atoms with Gasteiger partial charge in [-0.2, -0.15) is 0 Å². The number of carbonyl (C=O) groups excluding carboxylic acids is 1. The van der Waals surface area contributed by atoms with Crippen LogP contribution in [0.2, 0.25) is 0 Å². The third kappa shape index (κ3) is 3.98. The van der Waals surface area contributed by atoms with Crippen LogP contribution in [0.5, 0.6) is 0 Å². The van der Waals surface area contributed by atoms with Crippen LogP contribution in [0.3, 0.4) is 0 Å². The van der Waals surface area contributed by atoms with Crippen LogP contribution in [0.15, 0.2) is 30.5 Å². The summed E-state index contributed by atoms with van der Waals surface area (Å²) in [7, 11) is 1.61. The zero-order chi connectivity index (χ0) is 16.8. The van der Waals surface area contributed by atoms with Gasteiger partial charge in [-0.25, -0.2) is 4.98 Å². The van der Waals surface area contributed by atoms with E-state index < -0.39 is 0 Å². The van der Waals surface area contributed by atoms with Crippen molar-refractivity contribution in [1.29, 1.82) is 0 Å². The maximum atomic E-state index is 12.1. The second-order valence-electron chi connectivity index (χ2n) is 5.63. The first-order chi connectivity index (χ1) is 11.8. The number of hydrogen-bond donors (Lipinski definition) is 0. The van der Waals surface area contributed by atoms with Gasteiger partial charge in [0.2, 0.25) is 5.91 Å². The number of piperazine rings is 1. The van der Waals surface area contributed by atoms with Gasteiger partial charge in [-0.15, -0.1) is 0 Å². The monoisotopic (exact) mass is 330 g/mol. The molecule has 1 saturated heterocycles. The van der Waals surface area contributed by atoms with E-state index in [1.807, 2.05) is 29.2 Å². The third-order valence-corrected chi connectivity index (χ3v) is 4.05. The minimum atomic E-state index is 0.0235. The quantitative estimate of drug-likeness (QED) is 0.735. The summed E-state index contributed by atoms with van der Waals surface area (Å²) in [6.45, 7) is 3.88. The molecule has 7 nitrogen and oxygen atoms in total. The van der Waals surface area contributed by atoms with Gasteiger partial charge in [0.15, 0.2) is 0 Å². The molecule has 0 aliphatic carbocycles. The van der Waals surface area contributed by atoms with Gasteiger partial charge in [0.25, 0.3) is 0 Å². The highest BCUT2D eigenvalue weighted by Crippen LogP contribution is 2.16. The molecule has 0 radical (unpaired) electrons. The van der Waals surface area contributed by atoms with Crippen molar-refractivity contribution in [3.63, 3.8) is 0 Å². The number of fused-ring (bicyclic) bond motifs is 1. The van der Waals surface area contributed by atoms with Crippen LogP contribution < -0.4 is 4.90 Å². The van der Waals surface area contributed by atoms with Crippen molar-refractivity contribution >= 4 is 22.8 Å². The molecule has 1 aliphatic heterocycles. The fourth-order valence-corrected chi connectivity index (χ4v) is 2.68. The van der Waals surface area contributed by atoms with Gasteiger partial charge < -0.3 is 19.3 Å². The molecule has 0 atom stereocenters. The number of aromatic nitrogens is 2. The van der Waals surface area contributed by atoms with Crippen molar-refractivity contribution in [3.05, 3.63) is 30.5 Å². The molecule has 0 saturated carbocycles. The Balaban J connectivity index is 1.53. The van der Waals surface area contributed by atoms with Crippen LogP contribution in [-0.2, 0) is 14.3 Å². The van der Waals surface area contributed by atoms with E-state index >= 15 is 0 Å². The first-order valence-corrected chi connectivity index (χ1v) is 8.09. The van der Waals surface area contributed by atoms with Gasteiger partial charge in [-0.1, -0.05) is 12.1 Å². The van der Waals surface area contributed by atoms with Gasteiger partial charge in [0.1, 0.15) is 12.4 Å². The van der Waals surface area contributed by atoms with Crippen LogP contribution in [0.25, 0.3) is 11.0 Å². The van der Waals surface area contributed by atoms with Crippen molar-refractivity contribution in [2.75, 3.05) is 58.0 Å². The average molecular weight is 330 g/mol. The highest BCUT2D eigenvalue weighted by atomic mass is 16.5. The molecule has 0 unspecified atom stereocenters. The molecule has 0 bridgehead atoms. The summed E-state index contributed by atoms with van der Waals surface area (Å²) in [5.74, 6) is 0.882. The minimum Gasteiger partial charge on any atom is -0.382 e. The molecule has 1 fully saturated rings. The first kappa shape index (κ1) is 16.6. The first-order valence-electron chi connectivity index (χ1n) is 8.09. The molecule has 1 aromatic carbocycles. The summed E-state index contributed by atoms with van der Waals surface area (Å²) in [5.41, 5.74) is 1.78. The molecular formula is C17H22N4O3. The summed E-state index contributed by atoms with van der Waals surface area (Å²) in [5, 5.41) is 0. The molecule has 24 heavy (non-hydrogen) atoms. The van der Waals surface area contributed by atoms with E-state index in [0.717, 1.165) is 29.9 Å². The summed E-state index contributed by atoms with van der Waals surface area (Å²) < 4.78 is 10.2. The van der Waals surface area contributed by atoms with Crippen molar-refractivity contribution in [2.45, 2.75) is 0 Å². The largest absolute Gasteiger partial charge is 0.382 e. The number of para-hydroxylation sites is 2. The molecule has 2 aromatic rings. The van der Waals surface area contributed by atoms with Crippen LogP contribution in [0, 0.1) is 0 Å². The Hall–Kier alpha value is -2.25. The number of amides is 1. The number of hydrogen-bond acceptors (Lipinski definition) is 6. The van der Waals surface area contributed by atoms with Crippen molar-refractivity contribution in [2.24, 2.45) is 0 Å². The molecule has 0 spiro atoms. The number of methoxy groups -OCH3 is 1. The zero-order valence-electron chi connectivity index (χ0n) is 13.9. The standard InChI is InChI=1S/C17H22N4O3/c1-23-10-11-24-13-17(22)21-8-6-20(7-9-21)16-12-18-14-4-2-3-5-15(14)19-16/h2-5,12H,6-11,13H2,1H3. The highest BCUT2D eigenvalue weighted by Gasteiger charge is 2.22. The van der Waals surface area contributed by atoms with E-state index in [4.69, 9.17) is 9.47 Å². The lowest BCUT2D eigenvalue weighted by atomic mass is 10.3. The summed E-state index contributed by atoms with van der Waals surface area (Å²) in [6.07, 6.45) is 1.80. The molecule has 3 rings (SSSR count). The van der Waals surface area contributed by atoms with Crippen LogP contribution in [0.4, 0.5) is 5.82 Å². The number of ether oxygens (including phenoxy) is 2. The lowest BCUT2D eigenvalue weighted by Crippen LogP contribution is -2.50. The predicted molar refractivity (Wildman–Crippen MR) is 91.0 cm³/mol. The smallest absolute Gasteiger partial charge is 0.248 e.